The maximum absolute atomic E-state index is 11.3. The molecule has 2 aromatic rings. The van der Waals surface area contributed by atoms with Gasteiger partial charge >= 0.3 is 0 Å². The average Bonchev–Trinajstić information content (AvgIpc) is 3.14. The fourth-order valence-electron chi connectivity index (χ4n) is 3.05. The monoisotopic (exact) mass is 331 g/mol. The molecule has 2 atom stereocenters. The van der Waals surface area contributed by atoms with Crippen LogP contribution in [0.15, 0.2) is 34.7 Å². The number of methoxy groups -OCH3 is 1. The van der Waals surface area contributed by atoms with Crippen molar-refractivity contribution < 1.29 is 14.1 Å². The van der Waals surface area contributed by atoms with Crippen molar-refractivity contribution in [1.82, 2.24) is 4.90 Å². The van der Waals surface area contributed by atoms with Crippen molar-refractivity contribution in [2.24, 2.45) is 11.7 Å². The second-order valence-electron chi connectivity index (χ2n) is 6.24. The standard InChI is InChI=1S/C17H21N3O4/c1-11-8-19(10-15(11)18)9-13-4-6-17(24-13)14-5-3-12(23-2)7-16(14)20(21)22/h3-7,11,15H,8-10,18H2,1-2H3. The van der Waals surface area contributed by atoms with Crippen LogP contribution in [-0.4, -0.2) is 36.1 Å². The van der Waals surface area contributed by atoms with Gasteiger partial charge in [-0.15, -0.1) is 0 Å². The molecule has 0 radical (unpaired) electrons. The summed E-state index contributed by atoms with van der Waals surface area (Å²) in [4.78, 5) is 13.1. The second-order valence-corrected chi connectivity index (χ2v) is 6.24. The number of nitro groups is 1. The molecule has 0 spiro atoms. The fraction of sp³-hybridized carbons (Fsp3) is 0.412. The molecule has 1 aliphatic heterocycles. The number of hydrogen-bond donors (Lipinski definition) is 1. The minimum Gasteiger partial charge on any atom is -0.497 e. The molecule has 7 heteroatoms. The summed E-state index contributed by atoms with van der Waals surface area (Å²) in [5, 5.41) is 11.3. The highest BCUT2D eigenvalue weighted by Crippen LogP contribution is 2.34. The second kappa shape index (κ2) is 6.62. The summed E-state index contributed by atoms with van der Waals surface area (Å²) in [5.41, 5.74) is 6.45. The summed E-state index contributed by atoms with van der Waals surface area (Å²) in [6, 6.07) is 8.54. The van der Waals surface area contributed by atoms with Crippen molar-refractivity contribution in [3.63, 3.8) is 0 Å². The topological polar surface area (TPSA) is 94.8 Å². The largest absolute Gasteiger partial charge is 0.497 e. The Morgan fingerprint density at radius 3 is 2.79 bits per heavy atom. The summed E-state index contributed by atoms with van der Waals surface area (Å²) >= 11 is 0. The van der Waals surface area contributed by atoms with Crippen molar-refractivity contribution >= 4 is 5.69 Å². The quantitative estimate of drug-likeness (QED) is 0.668. The lowest BCUT2D eigenvalue weighted by molar-refractivity contribution is -0.384. The highest BCUT2D eigenvalue weighted by Gasteiger charge is 2.27. The number of likely N-dealkylation sites (tertiary alicyclic amines) is 1. The molecule has 7 nitrogen and oxygen atoms in total. The molecular weight excluding hydrogens is 310 g/mol. The Morgan fingerprint density at radius 2 is 2.17 bits per heavy atom. The molecule has 0 amide bonds. The van der Waals surface area contributed by atoms with Crippen LogP contribution in [0.5, 0.6) is 5.75 Å². The fourth-order valence-corrected chi connectivity index (χ4v) is 3.05. The van der Waals surface area contributed by atoms with Gasteiger partial charge in [0.1, 0.15) is 17.3 Å². The Hall–Kier alpha value is -2.38. The molecule has 2 unspecified atom stereocenters. The molecule has 2 heterocycles. The molecular formula is C17H21N3O4. The normalized spacial score (nSPS) is 21.1. The Morgan fingerprint density at radius 1 is 1.38 bits per heavy atom. The summed E-state index contributed by atoms with van der Waals surface area (Å²) < 4.78 is 10.9. The maximum Gasteiger partial charge on any atom is 0.284 e. The van der Waals surface area contributed by atoms with E-state index in [9.17, 15) is 10.1 Å². The van der Waals surface area contributed by atoms with Crippen LogP contribution in [0, 0.1) is 16.0 Å². The predicted octanol–water partition coefficient (Wildman–Crippen LogP) is 2.64. The van der Waals surface area contributed by atoms with Gasteiger partial charge in [-0.2, -0.15) is 0 Å². The zero-order valence-electron chi connectivity index (χ0n) is 13.8. The highest BCUT2D eigenvalue weighted by molar-refractivity contribution is 5.71. The molecule has 1 fully saturated rings. The lowest BCUT2D eigenvalue weighted by Gasteiger charge is -2.12. The third kappa shape index (κ3) is 3.27. The molecule has 2 N–H and O–H groups in total. The van der Waals surface area contributed by atoms with Crippen LogP contribution in [0.3, 0.4) is 0 Å². The Bertz CT molecular complexity index is 733. The van der Waals surface area contributed by atoms with Crippen molar-refractivity contribution in [2.45, 2.75) is 19.5 Å². The van der Waals surface area contributed by atoms with Gasteiger partial charge in [0.15, 0.2) is 0 Å². The van der Waals surface area contributed by atoms with Gasteiger partial charge in [-0.25, -0.2) is 0 Å². The first-order valence-corrected chi connectivity index (χ1v) is 7.87. The van der Waals surface area contributed by atoms with E-state index in [-0.39, 0.29) is 11.7 Å². The summed E-state index contributed by atoms with van der Waals surface area (Å²) in [6.07, 6.45) is 0. The number of rotatable bonds is 5. The van der Waals surface area contributed by atoms with Crippen LogP contribution >= 0.6 is 0 Å². The SMILES string of the molecule is COc1ccc(-c2ccc(CN3CC(C)C(N)C3)o2)c([N+](=O)[O-])c1. The Balaban J connectivity index is 1.82. The van der Waals surface area contributed by atoms with Gasteiger partial charge in [0.05, 0.1) is 30.2 Å². The first kappa shape index (κ1) is 16.5. The van der Waals surface area contributed by atoms with E-state index in [1.807, 2.05) is 6.07 Å². The zero-order chi connectivity index (χ0) is 17.3. The predicted molar refractivity (Wildman–Crippen MR) is 89.8 cm³/mol. The first-order valence-electron chi connectivity index (χ1n) is 7.87. The van der Waals surface area contributed by atoms with Crippen molar-refractivity contribution in [3.8, 4) is 17.1 Å². The number of nitrogens with two attached hydrogens (primary N) is 1. The zero-order valence-corrected chi connectivity index (χ0v) is 13.8. The molecule has 1 aliphatic rings. The minimum absolute atomic E-state index is 0.0351. The third-order valence-electron chi connectivity index (χ3n) is 4.45. The van der Waals surface area contributed by atoms with Crippen LogP contribution in [0.1, 0.15) is 12.7 Å². The van der Waals surface area contributed by atoms with Crippen molar-refractivity contribution in [2.75, 3.05) is 20.2 Å². The molecule has 0 bridgehead atoms. The van der Waals surface area contributed by atoms with Crippen LogP contribution in [-0.2, 0) is 6.54 Å². The Kier molecular flexibility index (Phi) is 4.55. The number of nitrogens with zero attached hydrogens (tertiary/aromatic N) is 2. The molecule has 1 saturated heterocycles. The molecule has 0 aliphatic carbocycles. The van der Waals surface area contributed by atoms with Gasteiger partial charge in [-0.3, -0.25) is 15.0 Å². The van der Waals surface area contributed by atoms with Crippen LogP contribution < -0.4 is 10.5 Å². The van der Waals surface area contributed by atoms with E-state index < -0.39 is 4.92 Å². The van der Waals surface area contributed by atoms with E-state index in [1.54, 1.807) is 18.2 Å². The van der Waals surface area contributed by atoms with Crippen LogP contribution in [0.2, 0.25) is 0 Å². The summed E-state index contributed by atoms with van der Waals surface area (Å²) in [5.74, 6) is 2.16. The summed E-state index contributed by atoms with van der Waals surface area (Å²) in [6.45, 7) is 4.56. The van der Waals surface area contributed by atoms with Gasteiger partial charge in [0, 0.05) is 19.1 Å². The molecule has 24 heavy (non-hydrogen) atoms. The lowest BCUT2D eigenvalue weighted by atomic mass is 10.1. The molecule has 0 saturated carbocycles. The van der Waals surface area contributed by atoms with Crippen LogP contribution in [0.25, 0.3) is 11.3 Å². The van der Waals surface area contributed by atoms with E-state index in [0.717, 1.165) is 18.8 Å². The van der Waals surface area contributed by atoms with E-state index in [1.165, 1.54) is 13.2 Å². The van der Waals surface area contributed by atoms with Gasteiger partial charge < -0.3 is 14.9 Å². The van der Waals surface area contributed by atoms with Crippen molar-refractivity contribution in [3.05, 3.63) is 46.2 Å². The highest BCUT2D eigenvalue weighted by atomic mass is 16.6. The van der Waals surface area contributed by atoms with E-state index >= 15 is 0 Å². The average molecular weight is 331 g/mol. The number of nitro benzene ring substituents is 1. The number of hydrogen-bond acceptors (Lipinski definition) is 6. The number of ether oxygens (including phenoxy) is 1. The minimum atomic E-state index is -0.429. The first-order chi connectivity index (χ1) is 11.5. The van der Waals surface area contributed by atoms with Crippen LogP contribution in [0.4, 0.5) is 5.69 Å². The van der Waals surface area contributed by atoms with Gasteiger partial charge in [0.2, 0.25) is 0 Å². The van der Waals surface area contributed by atoms with Crippen molar-refractivity contribution in [1.29, 1.82) is 0 Å². The lowest BCUT2D eigenvalue weighted by Crippen LogP contribution is -2.28. The molecule has 128 valence electrons. The van der Waals surface area contributed by atoms with Gasteiger partial charge in [-0.05, 0) is 30.2 Å². The Labute approximate surface area is 140 Å². The molecule has 3 rings (SSSR count). The summed E-state index contributed by atoms with van der Waals surface area (Å²) in [7, 11) is 1.48. The van der Waals surface area contributed by atoms with E-state index in [0.29, 0.717) is 29.5 Å². The van der Waals surface area contributed by atoms with Gasteiger partial charge in [-0.1, -0.05) is 6.92 Å². The maximum atomic E-state index is 11.3. The number of furan rings is 1. The number of benzene rings is 1. The third-order valence-corrected chi connectivity index (χ3v) is 4.45. The van der Waals surface area contributed by atoms with Gasteiger partial charge in [0.25, 0.3) is 5.69 Å². The smallest absolute Gasteiger partial charge is 0.284 e. The van der Waals surface area contributed by atoms with E-state index in [2.05, 4.69) is 11.8 Å². The molecule has 1 aromatic carbocycles. The van der Waals surface area contributed by atoms with E-state index in [4.69, 9.17) is 14.9 Å². The molecule has 1 aromatic heterocycles.